The Hall–Kier alpha value is -3.33. The number of nitriles is 1. The molecule has 2 N–H and O–H groups in total. The first-order chi connectivity index (χ1) is 12.4. The van der Waals surface area contributed by atoms with Crippen molar-refractivity contribution >= 4 is 23.2 Å². The molecule has 0 spiro atoms. The number of carbonyl (C=O) groups is 2. The van der Waals surface area contributed by atoms with Crippen LogP contribution in [0.5, 0.6) is 5.75 Å². The molecule has 0 saturated carbocycles. The highest BCUT2D eigenvalue weighted by Crippen LogP contribution is 2.17. The summed E-state index contributed by atoms with van der Waals surface area (Å²) in [6.07, 6.45) is -0.705. The molecule has 0 aliphatic heterocycles. The number of anilines is 2. The molecule has 6 heteroatoms. The molecule has 2 aromatic rings. The predicted molar refractivity (Wildman–Crippen MR) is 99.8 cm³/mol. The van der Waals surface area contributed by atoms with Crippen molar-refractivity contribution in [3.63, 3.8) is 0 Å². The maximum Gasteiger partial charge on any atom is 0.265 e. The number of ether oxygens (including phenoxy) is 1. The Morgan fingerprint density at radius 2 is 1.38 bits per heavy atom. The molecule has 0 fully saturated rings. The van der Waals surface area contributed by atoms with Gasteiger partial charge in [-0.25, -0.2) is 0 Å². The second kappa shape index (κ2) is 8.67. The Morgan fingerprint density at radius 3 is 1.85 bits per heavy atom. The van der Waals surface area contributed by atoms with Crippen molar-refractivity contribution in [2.24, 2.45) is 5.92 Å². The van der Waals surface area contributed by atoms with Gasteiger partial charge in [-0.1, -0.05) is 13.8 Å². The van der Waals surface area contributed by atoms with Crippen LogP contribution in [0, 0.1) is 17.2 Å². The van der Waals surface area contributed by atoms with Crippen LogP contribution >= 0.6 is 0 Å². The number of carbonyl (C=O) groups excluding carboxylic acids is 2. The molecule has 134 valence electrons. The summed E-state index contributed by atoms with van der Waals surface area (Å²) < 4.78 is 5.57. The molecule has 1 atom stereocenters. The standard InChI is InChI=1S/C20H21N3O3/c1-13(2)19(24)22-16-6-8-17(9-7-16)23-20(25)14(3)26-18-10-4-15(12-21)5-11-18/h4-11,13-14H,1-3H3,(H,22,24)(H,23,25). The van der Waals surface area contributed by atoms with Gasteiger partial charge in [0.25, 0.3) is 5.91 Å². The molecule has 0 aliphatic carbocycles. The molecule has 6 nitrogen and oxygen atoms in total. The van der Waals surface area contributed by atoms with E-state index in [1.165, 1.54) is 0 Å². The van der Waals surface area contributed by atoms with Crippen LogP contribution in [0.4, 0.5) is 11.4 Å². The van der Waals surface area contributed by atoms with Gasteiger partial charge in [-0.15, -0.1) is 0 Å². The van der Waals surface area contributed by atoms with Gasteiger partial charge < -0.3 is 15.4 Å². The van der Waals surface area contributed by atoms with E-state index in [1.807, 2.05) is 19.9 Å². The van der Waals surface area contributed by atoms with Gasteiger partial charge >= 0.3 is 0 Å². The summed E-state index contributed by atoms with van der Waals surface area (Å²) in [5, 5.41) is 14.3. The molecular formula is C20H21N3O3. The lowest BCUT2D eigenvalue weighted by molar-refractivity contribution is -0.122. The summed E-state index contributed by atoms with van der Waals surface area (Å²) in [6, 6.07) is 15.4. The third kappa shape index (κ3) is 5.35. The van der Waals surface area contributed by atoms with Crippen LogP contribution in [-0.4, -0.2) is 17.9 Å². The molecule has 0 saturated heterocycles. The third-order valence-corrected chi connectivity index (χ3v) is 3.61. The number of hydrogen-bond acceptors (Lipinski definition) is 4. The first-order valence-corrected chi connectivity index (χ1v) is 8.27. The highest BCUT2D eigenvalue weighted by atomic mass is 16.5. The van der Waals surface area contributed by atoms with Gasteiger partial charge in [0.15, 0.2) is 6.10 Å². The fourth-order valence-electron chi connectivity index (χ4n) is 2.03. The van der Waals surface area contributed by atoms with Crippen LogP contribution in [0.25, 0.3) is 0 Å². The van der Waals surface area contributed by atoms with E-state index in [1.54, 1.807) is 55.5 Å². The normalized spacial score (nSPS) is 11.3. The number of nitrogens with zero attached hydrogens (tertiary/aromatic N) is 1. The summed E-state index contributed by atoms with van der Waals surface area (Å²) in [7, 11) is 0. The maximum atomic E-state index is 12.2. The summed E-state index contributed by atoms with van der Waals surface area (Å²) in [6.45, 7) is 5.28. The fourth-order valence-corrected chi connectivity index (χ4v) is 2.03. The average Bonchev–Trinajstić information content (AvgIpc) is 2.63. The van der Waals surface area contributed by atoms with Gasteiger partial charge in [-0.2, -0.15) is 5.26 Å². The molecule has 1 unspecified atom stereocenters. The van der Waals surface area contributed by atoms with Crippen molar-refractivity contribution in [3.05, 3.63) is 54.1 Å². The van der Waals surface area contributed by atoms with Gasteiger partial charge in [0.2, 0.25) is 5.91 Å². The molecule has 2 amide bonds. The molecule has 26 heavy (non-hydrogen) atoms. The van der Waals surface area contributed by atoms with Gasteiger partial charge in [-0.05, 0) is 55.5 Å². The Labute approximate surface area is 152 Å². The van der Waals surface area contributed by atoms with Gasteiger partial charge in [0, 0.05) is 17.3 Å². The zero-order chi connectivity index (χ0) is 19.1. The quantitative estimate of drug-likeness (QED) is 0.832. The van der Waals surface area contributed by atoms with Gasteiger partial charge in [-0.3, -0.25) is 9.59 Å². The largest absolute Gasteiger partial charge is 0.481 e. The van der Waals surface area contributed by atoms with E-state index in [0.29, 0.717) is 22.7 Å². The van der Waals surface area contributed by atoms with Crippen molar-refractivity contribution in [1.82, 2.24) is 0 Å². The first kappa shape index (κ1) is 19.0. The van der Waals surface area contributed by atoms with Crippen LogP contribution in [0.1, 0.15) is 26.3 Å². The highest BCUT2D eigenvalue weighted by Gasteiger charge is 2.15. The second-order valence-corrected chi connectivity index (χ2v) is 6.11. The second-order valence-electron chi connectivity index (χ2n) is 6.11. The smallest absolute Gasteiger partial charge is 0.265 e. The van der Waals surface area contributed by atoms with Crippen LogP contribution in [-0.2, 0) is 9.59 Å². The number of amides is 2. The maximum absolute atomic E-state index is 12.2. The molecule has 2 aromatic carbocycles. The van der Waals surface area contributed by atoms with Crippen LogP contribution in [0.2, 0.25) is 0 Å². The van der Waals surface area contributed by atoms with E-state index in [-0.39, 0.29) is 17.7 Å². The number of hydrogen-bond donors (Lipinski definition) is 2. The minimum Gasteiger partial charge on any atom is -0.481 e. The average molecular weight is 351 g/mol. The Morgan fingerprint density at radius 1 is 0.885 bits per heavy atom. The Kier molecular flexibility index (Phi) is 6.34. The monoisotopic (exact) mass is 351 g/mol. The van der Waals surface area contributed by atoms with E-state index in [4.69, 9.17) is 10.00 Å². The zero-order valence-electron chi connectivity index (χ0n) is 14.9. The Bertz CT molecular complexity index is 806. The topological polar surface area (TPSA) is 91.2 Å². The number of nitrogens with one attached hydrogen (secondary N) is 2. The lowest BCUT2D eigenvalue weighted by Crippen LogP contribution is -2.30. The van der Waals surface area contributed by atoms with E-state index in [9.17, 15) is 9.59 Å². The van der Waals surface area contributed by atoms with Crippen LogP contribution in [0.15, 0.2) is 48.5 Å². The zero-order valence-corrected chi connectivity index (χ0v) is 14.9. The lowest BCUT2D eigenvalue weighted by Gasteiger charge is -2.15. The Balaban J connectivity index is 1.91. The van der Waals surface area contributed by atoms with E-state index in [0.717, 1.165) is 0 Å². The lowest BCUT2D eigenvalue weighted by atomic mass is 10.2. The van der Waals surface area contributed by atoms with Gasteiger partial charge in [0.1, 0.15) is 5.75 Å². The predicted octanol–water partition coefficient (Wildman–Crippen LogP) is 3.56. The highest BCUT2D eigenvalue weighted by molar-refractivity contribution is 5.95. The van der Waals surface area contributed by atoms with Gasteiger partial charge in [0.05, 0.1) is 11.6 Å². The number of benzene rings is 2. The number of rotatable bonds is 6. The van der Waals surface area contributed by atoms with Crippen molar-refractivity contribution in [2.75, 3.05) is 10.6 Å². The molecule has 0 radical (unpaired) electrons. The van der Waals surface area contributed by atoms with Crippen molar-refractivity contribution in [2.45, 2.75) is 26.9 Å². The van der Waals surface area contributed by atoms with Crippen molar-refractivity contribution in [1.29, 1.82) is 5.26 Å². The summed E-state index contributed by atoms with van der Waals surface area (Å²) in [5.74, 6) is 0.0487. The van der Waals surface area contributed by atoms with Crippen molar-refractivity contribution in [3.8, 4) is 11.8 Å². The van der Waals surface area contributed by atoms with E-state index < -0.39 is 6.10 Å². The minimum absolute atomic E-state index is 0.0637. The molecule has 0 aliphatic rings. The molecule has 0 bridgehead atoms. The third-order valence-electron chi connectivity index (χ3n) is 3.61. The van der Waals surface area contributed by atoms with Crippen molar-refractivity contribution < 1.29 is 14.3 Å². The molecular weight excluding hydrogens is 330 g/mol. The first-order valence-electron chi connectivity index (χ1n) is 8.27. The fraction of sp³-hybridized carbons (Fsp3) is 0.250. The summed E-state index contributed by atoms with van der Waals surface area (Å²) in [5.41, 5.74) is 1.80. The summed E-state index contributed by atoms with van der Waals surface area (Å²) in [4.78, 5) is 23.9. The minimum atomic E-state index is -0.705. The molecule has 2 rings (SSSR count). The molecule has 0 heterocycles. The van der Waals surface area contributed by atoms with Crippen LogP contribution in [0.3, 0.4) is 0 Å². The van der Waals surface area contributed by atoms with E-state index in [2.05, 4.69) is 10.6 Å². The van der Waals surface area contributed by atoms with E-state index >= 15 is 0 Å². The summed E-state index contributed by atoms with van der Waals surface area (Å²) >= 11 is 0. The SMILES string of the molecule is CC(C)C(=O)Nc1ccc(NC(=O)C(C)Oc2ccc(C#N)cc2)cc1. The molecule has 0 aromatic heterocycles. The van der Waals surface area contributed by atoms with Crippen LogP contribution < -0.4 is 15.4 Å².